The number of alkyl carbamates (subject to hydrolysis) is 1. The summed E-state index contributed by atoms with van der Waals surface area (Å²) in [7, 11) is 0. The number of hydrogen-bond donors (Lipinski definition) is 3. The summed E-state index contributed by atoms with van der Waals surface area (Å²) in [6, 6.07) is 13.2. The minimum absolute atomic E-state index is 0.0773. The number of ketones is 1. The number of aliphatic imine (C=N–C) groups is 1. The normalized spacial score (nSPS) is 10.7. The van der Waals surface area contributed by atoms with Crippen molar-refractivity contribution in [1.82, 2.24) is 5.32 Å². The molecular formula is C23H26N4O6. The van der Waals surface area contributed by atoms with Gasteiger partial charge in [0.15, 0.2) is 5.78 Å². The molecule has 2 aromatic rings. The highest BCUT2D eigenvalue weighted by molar-refractivity contribution is 6.12. The molecule has 0 atom stereocenters. The molecule has 3 amide bonds. The maximum absolute atomic E-state index is 12.9. The summed E-state index contributed by atoms with van der Waals surface area (Å²) < 4.78 is 9.64. The Morgan fingerprint density at radius 2 is 1.52 bits per heavy atom. The number of carbonyl (C=O) groups is 4. The summed E-state index contributed by atoms with van der Waals surface area (Å²) in [5.74, 6) is -0.833. The number of rotatable bonds is 7. The van der Waals surface area contributed by atoms with Crippen molar-refractivity contribution in [2.75, 3.05) is 23.8 Å². The second-order valence-corrected chi connectivity index (χ2v) is 6.49. The van der Waals surface area contributed by atoms with Crippen molar-refractivity contribution in [3.05, 3.63) is 59.7 Å². The van der Waals surface area contributed by atoms with Crippen LogP contribution in [0.2, 0.25) is 0 Å². The van der Waals surface area contributed by atoms with E-state index in [1.807, 2.05) is 0 Å². The van der Waals surface area contributed by atoms with Crippen LogP contribution in [0.25, 0.3) is 0 Å². The van der Waals surface area contributed by atoms with Gasteiger partial charge >= 0.3 is 12.2 Å². The van der Waals surface area contributed by atoms with Crippen LogP contribution in [0.5, 0.6) is 0 Å². The topological polar surface area (TPSA) is 135 Å². The van der Waals surface area contributed by atoms with Crippen molar-refractivity contribution in [2.45, 2.75) is 27.2 Å². The number of carbonyl (C=O) groups excluding carboxylic acids is 4. The molecule has 33 heavy (non-hydrogen) atoms. The van der Waals surface area contributed by atoms with Gasteiger partial charge in [0, 0.05) is 17.5 Å². The van der Waals surface area contributed by atoms with E-state index in [2.05, 4.69) is 20.9 Å². The van der Waals surface area contributed by atoms with Crippen molar-refractivity contribution >= 4 is 41.2 Å². The van der Waals surface area contributed by atoms with Crippen molar-refractivity contribution in [1.29, 1.82) is 0 Å². The van der Waals surface area contributed by atoms with Crippen molar-refractivity contribution in [2.24, 2.45) is 4.99 Å². The molecule has 10 nitrogen and oxygen atoms in total. The molecule has 0 fully saturated rings. The molecule has 0 aliphatic heterocycles. The van der Waals surface area contributed by atoms with E-state index in [1.54, 1.807) is 63.2 Å². The van der Waals surface area contributed by atoms with Crippen LogP contribution in [0.15, 0.2) is 53.5 Å². The molecule has 0 unspecified atom stereocenters. The Morgan fingerprint density at radius 1 is 0.818 bits per heavy atom. The summed E-state index contributed by atoms with van der Waals surface area (Å²) in [4.78, 5) is 52.4. The van der Waals surface area contributed by atoms with Gasteiger partial charge in [-0.2, -0.15) is 0 Å². The molecule has 10 heteroatoms. The van der Waals surface area contributed by atoms with E-state index < -0.39 is 12.2 Å². The lowest BCUT2D eigenvalue weighted by Crippen LogP contribution is -2.37. The Bertz CT molecular complexity index is 1040. The molecule has 174 valence electrons. The number of amides is 3. The zero-order valence-corrected chi connectivity index (χ0v) is 18.6. The van der Waals surface area contributed by atoms with Gasteiger partial charge in [0.1, 0.15) is 0 Å². The molecule has 0 spiro atoms. The van der Waals surface area contributed by atoms with E-state index >= 15 is 0 Å². The molecule has 2 rings (SSSR count). The van der Waals surface area contributed by atoms with Crippen LogP contribution in [-0.2, 0) is 14.3 Å². The second kappa shape index (κ2) is 12.6. The van der Waals surface area contributed by atoms with Gasteiger partial charge in [-0.15, -0.1) is 4.99 Å². The average molecular weight is 454 g/mol. The van der Waals surface area contributed by atoms with E-state index in [4.69, 9.17) is 9.47 Å². The van der Waals surface area contributed by atoms with Crippen molar-refractivity contribution in [3.8, 4) is 0 Å². The summed E-state index contributed by atoms with van der Waals surface area (Å²) in [6.45, 7) is 5.08. The minimum Gasteiger partial charge on any atom is -0.450 e. The highest BCUT2D eigenvalue weighted by Gasteiger charge is 2.16. The second-order valence-electron chi connectivity index (χ2n) is 6.49. The summed E-state index contributed by atoms with van der Waals surface area (Å²) in [5.41, 5.74) is 1.32. The fraction of sp³-hybridized carbons (Fsp3) is 0.261. The number of nitrogens with one attached hydrogen (secondary N) is 3. The standard InChI is InChI=1S/C23H26N4O6/c1-4-19(28)24-17-13-12-16(20(29)15-10-8-7-9-11-15)14-18(17)25-21(26-22(30)32-5-2)27-23(31)33-6-3/h7-14H,4-6H2,1-3H3,(H,24,28)(H2,25,26,27,30,31). The van der Waals surface area contributed by atoms with E-state index in [0.29, 0.717) is 16.8 Å². The quantitative estimate of drug-likeness (QED) is 0.328. The third-order valence-corrected chi connectivity index (χ3v) is 4.13. The van der Waals surface area contributed by atoms with Gasteiger partial charge in [-0.05, 0) is 32.0 Å². The number of ether oxygens (including phenoxy) is 2. The van der Waals surface area contributed by atoms with E-state index in [1.165, 1.54) is 6.07 Å². The predicted molar refractivity (Wildman–Crippen MR) is 123 cm³/mol. The maximum atomic E-state index is 12.9. The molecule has 0 saturated carbocycles. The van der Waals surface area contributed by atoms with Gasteiger partial charge in [-0.3, -0.25) is 14.9 Å². The van der Waals surface area contributed by atoms with Gasteiger partial charge in [0.05, 0.1) is 24.6 Å². The van der Waals surface area contributed by atoms with Gasteiger partial charge in [0.2, 0.25) is 11.9 Å². The fourth-order valence-electron chi connectivity index (χ4n) is 2.62. The third-order valence-electron chi connectivity index (χ3n) is 4.13. The molecular weight excluding hydrogens is 428 g/mol. The maximum Gasteiger partial charge on any atom is 0.436 e. The van der Waals surface area contributed by atoms with Crippen LogP contribution in [0.3, 0.4) is 0 Å². The van der Waals surface area contributed by atoms with Crippen molar-refractivity contribution in [3.63, 3.8) is 0 Å². The zero-order chi connectivity index (χ0) is 24.2. The molecule has 2 aromatic carbocycles. The van der Waals surface area contributed by atoms with E-state index in [0.717, 1.165) is 0 Å². The number of hydrogen-bond acceptors (Lipinski definition) is 6. The van der Waals surface area contributed by atoms with E-state index in [9.17, 15) is 19.2 Å². The predicted octanol–water partition coefficient (Wildman–Crippen LogP) is 3.94. The number of nitrogens with zero attached hydrogens (tertiary/aromatic N) is 1. The minimum atomic E-state index is -0.951. The number of anilines is 2. The Hall–Kier alpha value is -4.21. The van der Waals surface area contributed by atoms with Crippen LogP contribution in [0, 0.1) is 0 Å². The lowest BCUT2D eigenvalue weighted by Gasteiger charge is -2.16. The Morgan fingerprint density at radius 3 is 2.15 bits per heavy atom. The number of benzene rings is 2. The highest BCUT2D eigenvalue weighted by atomic mass is 16.6. The lowest BCUT2D eigenvalue weighted by atomic mass is 10.0. The molecule has 0 radical (unpaired) electrons. The highest BCUT2D eigenvalue weighted by Crippen LogP contribution is 2.25. The van der Waals surface area contributed by atoms with Gasteiger partial charge in [-0.1, -0.05) is 37.3 Å². The van der Waals surface area contributed by atoms with Gasteiger partial charge in [-0.25, -0.2) is 9.59 Å². The molecule has 0 bridgehead atoms. The SMILES string of the molecule is CCOC(=O)N=C(NC(=O)OCC)Nc1cc(C(=O)c2ccccc2)ccc1NC(=O)CC. The van der Waals surface area contributed by atoms with Crippen LogP contribution < -0.4 is 16.0 Å². The van der Waals surface area contributed by atoms with Crippen LogP contribution in [-0.4, -0.2) is 43.1 Å². The first-order chi connectivity index (χ1) is 15.9. The first-order valence-electron chi connectivity index (χ1n) is 10.4. The Labute approximate surface area is 191 Å². The summed E-state index contributed by atoms with van der Waals surface area (Å²) in [5, 5.41) is 7.78. The molecule has 0 saturated heterocycles. The summed E-state index contributed by atoms with van der Waals surface area (Å²) in [6.07, 6.45) is -1.59. The van der Waals surface area contributed by atoms with Crippen LogP contribution in [0.1, 0.15) is 43.1 Å². The summed E-state index contributed by atoms with van der Waals surface area (Å²) >= 11 is 0. The van der Waals surface area contributed by atoms with Crippen LogP contribution in [0.4, 0.5) is 21.0 Å². The largest absolute Gasteiger partial charge is 0.450 e. The van der Waals surface area contributed by atoms with Gasteiger partial charge < -0.3 is 20.1 Å². The first-order valence-corrected chi connectivity index (χ1v) is 10.4. The van der Waals surface area contributed by atoms with Crippen LogP contribution >= 0.6 is 0 Å². The molecule has 0 aliphatic rings. The average Bonchev–Trinajstić information content (AvgIpc) is 2.80. The Kier molecular flexibility index (Phi) is 9.56. The van der Waals surface area contributed by atoms with Gasteiger partial charge in [0.25, 0.3) is 0 Å². The third kappa shape index (κ3) is 7.76. The Balaban J connectivity index is 2.46. The van der Waals surface area contributed by atoms with Crippen molar-refractivity contribution < 1.29 is 28.7 Å². The molecule has 0 heterocycles. The molecule has 3 N–H and O–H groups in total. The smallest absolute Gasteiger partial charge is 0.436 e. The fourth-order valence-corrected chi connectivity index (χ4v) is 2.62. The van der Waals surface area contributed by atoms with E-state index in [-0.39, 0.29) is 43.0 Å². The monoisotopic (exact) mass is 454 g/mol. The molecule has 0 aliphatic carbocycles. The first kappa shape index (κ1) is 25.1. The zero-order valence-electron chi connectivity index (χ0n) is 18.6. The number of guanidine groups is 1. The molecule has 0 aromatic heterocycles. The lowest BCUT2D eigenvalue weighted by molar-refractivity contribution is -0.115.